The highest BCUT2D eigenvalue weighted by Gasteiger charge is 2.16. The van der Waals surface area contributed by atoms with Crippen LogP contribution >= 0.6 is 23.1 Å². The zero-order chi connectivity index (χ0) is 13.1. The lowest BCUT2D eigenvalue weighted by molar-refractivity contribution is -0.127. The van der Waals surface area contributed by atoms with E-state index in [0.717, 1.165) is 6.54 Å². The molecule has 1 rings (SSSR count). The maximum absolute atomic E-state index is 11.9. The maximum atomic E-state index is 11.9. The molecule has 0 saturated carbocycles. The van der Waals surface area contributed by atoms with E-state index >= 15 is 0 Å². The summed E-state index contributed by atoms with van der Waals surface area (Å²) in [7, 11) is 1.88. The molecule has 0 aliphatic heterocycles. The van der Waals surface area contributed by atoms with Crippen LogP contribution in [0.4, 0.5) is 0 Å². The lowest BCUT2D eigenvalue weighted by atomic mass is 10.3. The van der Waals surface area contributed by atoms with Gasteiger partial charge in [0.1, 0.15) is 0 Å². The van der Waals surface area contributed by atoms with Crippen molar-refractivity contribution in [3.05, 3.63) is 21.9 Å². The quantitative estimate of drug-likeness (QED) is 0.835. The van der Waals surface area contributed by atoms with E-state index in [4.69, 9.17) is 0 Å². The molecule has 0 aromatic carbocycles. The minimum Gasteiger partial charge on any atom is -0.340 e. The van der Waals surface area contributed by atoms with E-state index in [2.05, 4.69) is 39.1 Å². The minimum absolute atomic E-state index is 0.148. The Morgan fingerprint density at radius 2 is 2.12 bits per heavy atom. The first-order chi connectivity index (χ1) is 7.79. The molecule has 0 unspecified atom stereocenters. The predicted molar refractivity (Wildman–Crippen MR) is 77.7 cm³/mol. The number of rotatable bonds is 4. The van der Waals surface area contributed by atoms with Crippen LogP contribution in [0.2, 0.25) is 0 Å². The zero-order valence-electron chi connectivity index (χ0n) is 11.2. The highest BCUT2D eigenvalue weighted by molar-refractivity contribution is 8.01. The molecule has 0 saturated heterocycles. The summed E-state index contributed by atoms with van der Waals surface area (Å²) in [6, 6.07) is 2.10. The molecule has 96 valence electrons. The Labute approximate surface area is 112 Å². The van der Waals surface area contributed by atoms with Gasteiger partial charge in [0, 0.05) is 16.7 Å². The van der Waals surface area contributed by atoms with Crippen LogP contribution in [0.15, 0.2) is 11.4 Å². The van der Waals surface area contributed by atoms with Crippen LogP contribution in [0.25, 0.3) is 0 Å². The number of thioether (sulfide) groups is 1. The highest BCUT2D eigenvalue weighted by atomic mass is 32.2. The first kappa shape index (κ1) is 14.6. The monoisotopic (exact) mass is 271 g/mol. The average Bonchev–Trinajstić information content (AvgIpc) is 2.59. The Morgan fingerprint density at radius 1 is 1.47 bits per heavy atom. The van der Waals surface area contributed by atoms with E-state index in [1.165, 1.54) is 10.4 Å². The number of amides is 1. The Balaban J connectivity index is 2.45. The molecule has 0 bridgehead atoms. The van der Waals surface area contributed by atoms with Crippen LogP contribution in [0.5, 0.6) is 0 Å². The van der Waals surface area contributed by atoms with Gasteiger partial charge in [0.15, 0.2) is 0 Å². The number of carbonyl (C=O) groups is 1. The highest BCUT2D eigenvalue weighted by Crippen LogP contribution is 2.24. The van der Waals surface area contributed by atoms with Gasteiger partial charge in [-0.3, -0.25) is 4.79 Å². The molecule has 0 N–H and O–H groups in total. The van der Waals surface area contributed by atoms with Crippen molar-refractivity contribution in [1.29, 1.82) is 0 Å². The van der Waals surface area contributed by atoms with Crippen LogP contribution in [-0.2, 0) is 11.3 Å². The Bertz CT molecular complexity index is 379. The summed E-state index contributed by atoms with van der Waals surface area (Å²) in [6.07, 6.45) is 0. The fourth-order valence-corrected chi connectivity index (χ4v) is 2.99. The van der Waals surface area contributed by atoms with Crippen molar-refractivity contribution in [3.8, 4) is 0 Å². The van der Waals surface area contributed by atoms with Gasteiger partial charge in [-0.2, -0.15) is 0 Å². The van der Waals surface area contributed by atoms with Gasteiger partial charge in [0.2, 0.25) is 5.91 Å². The van der Waals surface area contributed by atoms with Crippen LogP contribution in [0.3, 0.4) is 0 Å². The van der Waals surface area contributed by atoms with Gasteiger partial charge < -0.3 is 4.90 Å². The van der Waals surface area contributed by atoms with Crippen LogP contribution < -0.4 is 0 Å². The topological polar surface area (TPSA) is 20.3 Å². The van der Waals surface area contributed by atoms with E-state index in [0.29, 0.717) is 5.75 Å². The molecule has 0 radical (unpaired) electrons. The van der Waals surface area contributed by atoms with Gasteiger partial charge in [-0.15, -0.1) is 23.1 Å². The Hall–Kier alpha value is -0.480. The van der Waals surface area contributed by atoms with Gasteiger partial charge in [-0.05, 0) is 23.9 Å². The molecule has 0 atom stereocenters. The number of nitrogens with zero attached hydrogens (tertiary/aromatic N) is 1. The summed E-state index contributed by atoms with van der Waals surface area (Å²) in [5.74, 6) is 0.766. The predicted octanol–water partition coefficient (Wildman–Crippen LogP) is 3.55. The molecular formula is C13H21NOS2. The second kappa shape index (κ2) is 5.91. The van der Waals surface area contributed by atoms with Crippen LogP contribution in [0, 0.1) is 6.92 Å². The third-order valence-corrected chi connectivity index (χ3v) is 4.67. The van der Waals surface area contributed by atoms with Crippen molar-refractivity contribution in [2.45, 2.75) is 39.0 Å². The smallest absolute Gasteiger partial charge is 0.232 e. The van der Waals surface area contributed by atoms with E-state index in [1.54, 1.807) is 23.1 Å². The minimum atomic E-state index is 0.148. The Morgan fingerprint density at radius 3 is 2.59 bits per heavy atom. The van der Waals surface area contributed by atoms with Crippen LogP contribution in [0.1, 0.15) is 31.2 Å². The van der Waals surface area contributed by atoms with E-state index in [9.17, 15) is 4.79 Å². The maximum Gasteiger partial charge on any atom is 0.232 e. The van der Waals surface area contributed by atoms with Gasteiger partial charge in [0.05, 0.1) is 12.3 Å². The zero-order valence-corrected chi connectivity index (χ0v) is 12.9. The third-order valence-electron chi connectivity index (χ3n) is 2.40. The molecule has 4 heteroatoms. The fourth-order valence-electron chi connectivity index (χ4n) is 1.26. The van der Waals surface area contributed by atoms with E-state index < -0.39 is 0 Å². The molecule has 2 nitrogen and oxygen atoms in total. The SMILES string of the molecule is Cc1ccsc1CN(C)C(=O)CSC(C)(C)C. The molecule has 0 aliphatic rings. The molecular weight excluding hydrogens is 250 g/mol. The number of hydrogen-bond donors (Lipinski definition) is 0. The summed E-state index contributed by atoms with van der Waals surface area (Å²) in [5.41, 5.74) is 1.28. The molecule has 1 aromatic rings. The van der Waals surface area contributed by atoms with Crippen molar-refractivity contribution in [2.75, 3.05) is 12.8 Å². The number of thiophene rings is 1. The molecule has 0 spiro atoms. The number of carbonyl (C=O) groups excluding carboxylic acids is 1. The summed E-state index contributed by atoms with van der Waals surface area (Å²) in [5, 5.41) is 2.08. The molecule has 1 aromatic heterocycles. The van der Waals surface area contributed by atoms with Gasteiger partial charge in [0.25, 0.3) is 0 Å². The van der Waals surface area contributed by atoms with Crippen molar-refractivity contribution in [2.24, 2.45) is 0 Å². The van der Waals surface area contributed by atoms with Gasteiger partial charge in [-0.25, -0.2) is 0 Å². The summed E-state index contributed by atoms with van der Waals surface area (Å²) < 4.78 is 0.148. The standard InChI is InChI=1S/C13H21NOS2/c1-10-6-7-16-11(10)8-14(5)12(15)9-17-13(2,3)4/h6-7H,8-9H2,1-5H3. The van der Waals surface area contributed by atoms with Crippen molar-refractivity contribution >= 4 is 29.0 Å². The Kier molecular flexibility index (Phi) is 5.07. The lowest BCUT2D eigenvalue weighted by Crippen LogP contribution is -2.29. The normalized spacial score (nSPS) is 11.6. The molecule has 1 amide bonds. The number of hydrogen-bond acceptors (Lipinski definition) is 3. The summed E-state index contributed by atoms with van der Waals surface area (Å²) >= 11 is 3.42. The fraction of sp³-hybridized carbons (Fsp3) is 0.615. The molecule has 0 aliphatic carbocycles. The molecule has 1 heterocycles. The summed E-state index contributed by atoms with van der Waals surface area (Å²) in [6.45, 7) is 9.22. The van der Waals surface area contributed by atoms with Crippen LogP contribution in [-0.4, -0.2) is 28.4 Å². The van der Waals surface area contributed by atoms with Crippen molar-refractivity contribution < 1.29 is 4.79 Å². The van der Waals surface area contributed by atoms with Gasteiger partial charge in [-0.1, -0.05) is 20.8 Å². The van der Waals surface area contributed by atoms with Crippen molar-refractivity contribution in [3.63, 3.8) is 0 Å². The van der Waals surface area contributed by atoms with E-state index in [-0.39, 0.29) is 10.7 Å². The second-order valence-electron chi connectivity index (χ2n) is 5.18. The third kappa shape index (κ3) is 5.13. The second-order valence-corrected chi connectivity index (χ2v) is 7.98. The average molecular weight is 271 g/mol. The largest absolute Gasteiger partial charge is 0.340 e. The summed E-state index contributed by atoms with van der Waals surface area (Å²) in [4.78, 5) is 15.0. The van der Waals surface area contributed by atoms with E-state index in [1.807, 2.05) is 11.9 Å². The first-order valence-corrected chi connectivity index (χ1v) is 7.57. The molecule has 0 fully saturated rings. The van der Waals surface area contributed by atoms with Crippen molar-refractivity contribution in [1.82, 2.24) is 4.90 Å². The van der Waals surface area contributed by atoms with Gasteiger partial charge >= 0.3 is 0 Å². The number of aryl methyl sites for hydroxylation is 1. The first-order valence-electron chi connectivity index (χ1n) is 5.70. The molecule has 17 heavy (non-hydrogen) atoms. The lowest BCUT2D eigenvalue weighted by Gasteiger charge is -2.21.